The highest BCUT2D eigenvalue weighted by Crippen LogP contribution is 2.25. The van der Waals surface area contributed by atoms with Crippen molar-refractivity contribution in [1.29, 1.82) is 0 Å². The van der Waals surface area contributed by atoms with Crippen LogP contribution in [0.3, 0.4) is 0 Å². The van der Waals surface area contributed by atoms with Crippen LogP contribution in [0, 0.1) is 6.92 Å². The molecule has 0 saturated carbocycles. The van der Waals surface area contributed by atoms with Gasteiger partial charge in [0, 0.05) is 13.1 Å². The SMILES string of the molecule is Cc1ccc(C(C)C)cc1OC(C)C(=O)N1CC(C)OC(C)C1. The van der Waals surface area contributed by atoms with Crippen LogP contribution in [-0.2, 0) is 9.53 Å². The van der Waals surface area contributed by atoms with Crippen LogP contribution in [0.4, 0.5) is 0 Å². The second kappa shape index (κ2) is 7.35. The Morgan fingerprint density at radius 2 is 1.83 bits per heavy atom. The molecule has 1 aliphatic heterocycles. The number of ether oxygens (including phenoxy) is 2. The molecular formula is C19H29NO3. The van der Waals surface area contributed by atoms with Crippen molar-refractivity contribution >= 4 is 5.91 Å². The van der Waals surface area contributed by atoms with E-state index in [-0.39, 0.29) is 18.1 Å². The van der Waals surface area contributed by atoms with E-state index >= 15 is 0 Å². The normalized spacial score (nSPS) is 23.0. The third-order valence-electron chi connectivity index (χ3n) is 4.26. The third kappa shape index (κ3) is 4.47. The van der Waals surface area contributed by atoms with Gasteiger partial charge in [-0.3, -0.25) is 4.79 Å². The first-order valence-electron chi connectivity index (χ1n) is 8.49. The Labute approximate surface area is 139 Å². The molecular weight excluding hydrogens is 290 g/mol. The average molecular weight is 319 g/mol. The van der Waals surface area contributed by atoms with Gasteiger partial charge in [0.2, 0.25) is 0 Å². The first-order chi connectivity index (χ1) is 10.8. The van der Waals surface area contributed by atoms with E-state index < -0.39 is 6.10 Å². The molecule has 0 bridgehead atoms. The van der Waals surface area contributed by atoms with Crippen LogP contribution in [0.5, 0.6) is 5.75 Å². The third-order valence-corrected chi connectivity index (χ3v) is 4.26. The average Bonchev–Trinajstić information content (AvgIpc) is 2.47. The molecule has 4 heteroatoms. The predicted molar refractivity (Wildman–Crippen MR) is 91.9 cm³/mol. The summed E-state index contributed by atoms with van der Waals surface area (Å²) in [6, 6.07) is 6.22. The molecule has 1 aliphatic rings. The minimum absolute atomic E-state index is 0.0290. The number of morpholine rings is 1. The number of rotatable bonds is 4. The molecule has 0 aromatic heterocycles. The zero-order valence-corrected chi connectivity index (χ0v) is 15.1. The lowest BCUT2D eigenvalue weighted by Gasteiger charge is -2.36. The summed E-state index contributed by atoms with van der Waals surface area (Å²) in [6.07, 6.45) is -0.351. The highest BCUT2D eigenvalue weighted by atomic mass is 16.5. The standard InChI is InChI=1S/C19H29NO3/c1-12(2)17-8-7-13(3)18(9-17)23-16(6)19(21)20-10-14(4)22-15(5)11-20/h7-9,12,14-16H,10-11H2,1-6H3. The number of nitrogens with zero attached hydrogens (tertiary/aromatic N) is 1. The maximum absolute atomic E-state index is 12.7. The Hall–Kier alpha value is -1.55. The summed E-state index contributed by atoms with van der Waals surface area (Å²) in [7, 11) is 0. The second-order valence-electron chi connectivity index (χ2n) is 6.94. The van der Waals surface area contributed by atoms with E-state index in [4.69, 9.17) is 9.47 Å². The Morgan fingerprint density at radius 1 is 1.22 bits per heavy atom. The van der Waals surface area contributed by atoms with Crippen molar-refractivity contribution in [3.05, 3.63) is 29.3 Å². The van der Waals surface area contributed by atoms with Crippen LogP contribution < -0.4 is 4.74 Å². The number of amides is 1. The van der Waals surface area contributed by atoms with Crippen LogP contribution in [0.25, 0.3) is 0 Å². The van der Waals surface area contributed by atoms with Gasteiger partial charge in [0.1, 0.15) is 5.75 Å². The monoisotopic (exact) mass is 319 g/mol. The molecule has 2 rings (SSSR count). The van der Waals surface area contributed by atoms with Crippen molar-refractivity contribution < 1.29 is 14.3 Å². The Morgan fingerprint density at radius 3 is 2.39 bits per heavy atom. The fourth-order valence-corrected chi connectivity index (χ4v) is 2.96. The lowest BCUT2D eigenvalue weighted by molar-refractivity contribution is -0.149. The Kier molecular flexibility index (Phi) is 5.69. The van der Waals surface area contributed by atoms with Gasteiger partial charge >= 0.3 is 0 Å². The number of carbonyl (C=O) groups is 1. The van der Waals surface area contributed by atoms with Gasteiger partial charge in [-0.05, 0) is 50.8 Å². The molecule has 0 N–H and O–H groups in total. The van der Waals surface area contributed by atoms with Gasteiger partial charge < -0.3 is 14.4 Å². The van der Waals surface area contributed by atoms with Crippen molar-refractivity contribution in [2.45, 2.75) is 65.8 Å². The zero-order chi connectivity index (χ0) is 17.1. The minimum Gasteiger partial charge on any atom is -0.481 e. The van der Waals surface area contributed by atoms with E-state index in [0.717, 1.165) is 11.3 Å². The van der Waals surface area contributed by atoms with E-state index in [1.54, 1.807) is 0 Å². The number of benzene rings is 1. The molecule has 3 atom stereocenters. The van der Waals surface area contributed by atoms with Gasteiger partial charge in [-0.25, -0.2) is 0 Å². The van der Waals surface area contributed by atoms with Gasteiger partial charge in [0.15, 0.2) is 6.10 Å². The Balaban J connectivity index is 2.07. The number of aryl methyl sites for hydroxylation is 1. The van der Waals surface area contributed by atoms with Gasteiger partial charge in [-0.2, -0.15) is 0 Å². The number of hydrogen-bond donors (Lipinski definition) is 0. The summed E-state index contributed by atoms with van der Waals surface area (Å²) in [6.45, 7) is 13.4. The topological polar surface area (TPSA) is 38.8 Å². The van der Waals surface area contributed by atoms with E-state index in [0.29, 0.717) is 19.0 Å². The van der Waals surface area contributed by atoms with Gasteiger partial charge in [-0.15, -0.1) is 0 Å². The van der Waals surface area contributed by atoms with E-state index in [9.17, 15) is 4.79 Å². The fourth-order valence-electron chi connectivity index (χ4n) is 2.96. The molecule has 0 aliphatic carbocycles. The number of hydrogen-bond acceptors (Lipinski definition) is 3. The molecule has 1 heterocycles. The fraction of sp³-hybridized carbons (Fsp3) is 0.632. The van der Waals surface area contributed by atoms with Crippen molar-refractivity contribution in [1.82, 2.24) is 4.90 Å². The predicted octanol–water partition coefficient (Wildman–Crippen LogP) is 3.52. The first kappa shape index (κ1) is 17.8. The molecule has 1 saturated heterocycles. The highest BCUT2D eigenvalue weighted by molar-refractivity contribution is 5.81. The van der Waals surface area contributed by atoms with E-state index in [1.165, 1.54) is 5.56 Å². The molecule has 0 spiro atoms. The summed E-state index contributed by atoms with van der Waals surface area (Å²) in [4.78, 5) is 14.5. The molecule has 0 radical (unpaired) electrons. The lowest BCUT2D eigenvalue weighted by atomic mass is 10.0. The van der Waals surface area contributed by atoms with Gasteiger partial charge in [0.05, 0.1) is 12.2 Å². The van der Waals surface area contributed by atoms with Crippen LogP contribution in [0.2, 0.25) is 0 Å². The second-order valence-corrected chi connectivity index (χ2v) is 6.94. The maximum atomic E-state index is 12.7. The Bertz CT molecular complexity index is 546. The molecule has 3 unspecified atom stereocenters. The van der Waals surface area contributed by atoms with Crippen molar-refractivity contribution in [3.63, 3.8) is 0 Å². The summed E-state index contributed by atoms with van der Waals surface area (Å²) in [5.74, 6) is 1.26. The number of carbonyl (C=O) groups excluding carboxylic acids is 1. The minimum atomic E-state index is -0.492. The van der Waals surface area contributed by atoms with Crippen LogP contribution in [-0.4, -0.2) is 42.2 Å². The molecule has 128 valence electrons. The highest BCUT2D eigenvalue weighted by Gasteiger charge is 2.29. The van der Waals surface area contributed by atoms with E-state index in [2.05, 4.69) is 26.0 Å². The van der Waals surface area contributed by atoms with Crippen molar-refractivity contribution in [2.75, 3.05) is 13.1 Å². The van der Waals surface area contributed by atoms with Crippen LogP contribution in [0.15, 0.2) is 18.2 Å². The van der Waals surface area contributed by atoms with Crippen LogP contribution in [0.1, 0.15) is 51.7 Å². The maximum Gasteiger partial charge on any atom is 0.263 e. The molecule has 1 aromatic rings. The summed E-state index contributed by atoms with van der Waals surface area (Å²) in [5, 5.41) is 0. The van der Waals surface area contributed by atoms with Crippen molar-refractivity contribution in [2.24, 2.45) is 0 Å². The van der Waals surface area contributed by atoms with E-state index in [1.807, 2.05) is 38.7 Å². The molecule has 4 nitrogen and oxygen atoms in total. The van der Waals surface area contributed by atoms with Crippen LogP contribution >= 0.6 is 0 Å². The molecule has 1 amide bonds. The van der Waals surface area contributed by atoms with Crippen molar-refractivity contribution in [3.8, 4) is 5.75 Å². The van der Waals surface area contributed by atoms with Gasteiger partial charge in [-0.1, -0.05) is 26.0 Å². The lowest BCUT2D eigenvalue weighted by Crippen LogP contribution is -2.51. The van der Waals surface area contributed by atoms with Gasteiger partial charge in [0.25, 0.3) is 5.91 Å². The first-order valence-corrected chi connectivity index (χ1v) is 8.49. The smallest absolute Gasteiger partial charge is 0.263 e. The largest absolute Gasteiger partial charge is 0.481 e. The summed E-state index contributed by atoms with van der Waals surface area (Å²) < 4.78 is 11.7. The summed E-state index contributed by atoms with van der Waals surface area (Å²) >= 11 is 0. The molecule has 1 fully saturated rings. The quantitative estimate of drug-likeness (QED) is 0.852. The summed E-state index contributed by atoms with van der Waals surface area (Å²) in [5.41, 5.74) is 2.27. The zero-order valence-electron chi connectivity index (χ0n) is 15.1. The molecule has 1 aromatic carbocycles. The molecule has 23 heavy (non-hydrogen) atoms.